The van der Waals surface area contributed by atoms with Crippen molar-refractivity contribution in [1.29, 1.82) is 0 Å². The molecule has 0 saturated heterocycles. The molecule has 1 aromatic heterocycles. The quantitative estimate of drug-likeness (QED) is 0.357. The lowest BCUT2D eigenvalue weighted by Crippen LogP contribution is -2.14. The van der Waals surface area contributed by atoms with Crippen LogP contribution in [0.5, 0.6) is 5.75 Å². The van der Waals surface area contributed by atoms with E-state index in [1.807, 2.05) is 54.6 Å². The van der Waals surface area contributed by atoms with E-state index in [1.165, 1.54) is 7.11 Å². The maximum atomic E-state index is 12.1. The van der Waals surface area contributed by atoms with Crippen LogP contribution >= 0.6 is 0 Å². The number of hydrogen-bond acceptors (Lipinski definition) is 4. The van der Waals surface area contributed by atoms with Crippen molar-refractivity contribution in [2.24, 2.45) is 0 Å². The molecule has 4 nitrogen and oxygen atoms in total. The maximum Gasteiger partial charge on any atom is 0.313 e. The van der Waals surface area contributed by atoms with Gasteiger partial charge >= 0.3 is 5.97 Å². The Morgan fingerprint density at radius 3 is 2.54 bits per heavy atom. The molecule has 3 aromatic rings. The van der Waals surface area contributed by atoms with Crippen LogP contribution in [-0.2, 0) is 16.1 Å². The Bertz CT molecular complexity index is 905. The van der Waals surface area contributed by atoms with E-state index in [1.54, 1.807) is 0 Å². The molecule has 28 heavy (non-hydrogen) atoms. The highest BCUT2D eigenvalue weighted by molar-refractivity contribution is 5.78. The van der Waals surface area contributed by atoms with Crippen molar-refractivity contribution in [3.8, 4) is 5.75 Å². The monoisotopic (exact) mass is 377 g/mol. The van der Waals surface area contributed by atoms with E-state index in [4.69, 9.17) is 9.47 Å². The number of hydrogen-bond donors (Lipinski definition) is 0. The summed E-state index contributed by atoms with van der Waals surface area (Å²) in [5, 5.41) is 1.12. The molecule has 1 heterocycles. The van der Waals surface area contributed by atoms with E-state index in [2.05, 4.69) is 18.0 Å². The molecule has 0 fully saturated rings. The molecule has 1 unspecified atom stereocenters. The zero-order chi connectivity index (χ0) is 19.8. The van der Waals surface area contributed by atoms with Crippen LogP contribution in [-0.4, -0.2) is 18.1 Å². The van der Waals surface area contributed by atoms with Gasteiger partial charge in [0.2, 0.25) is 0 Å². The number of methoxy groups -OCH3 is 1. The van der Waals surface area contributed by atoms with Gasteiger partial charge in [-0.1, -0.05) is 62.6 Å². The summed E-state index contributed by atoms with van der Waals surface area (Å²) in [6.45, 7) is 2.56. The lowest BCUT2D eigenvalue weighted by atomic mass is 9.93. The number of carbonyl (C=O) groups excluding carboxylic acids is 1. The Kier molecular flexibility index (Phi) is 7.01. The van der Waals surface area contributed by atoms with E-state index in [9.17, 15) is 4.79 Å². The highest BCUT2D eigenvalue weighted by Crippen LogP contribution is 2.26. The minimum Gasteiger partial charge on any atom is -0.487 e. The number of esters is 1. The number of unbranched alkanes of at least 4 members (excludes halogenated alkanes) is 2. The highest BCUT2D eigenvalue weighted by Gasteiger charge is 2.20. The van der Waals surface area contributed by atoms with Gasteiger partial charge < -0.3 is 9.47 Å². The standard InChI is InChI=1S/C24H27NO3/c1-3-4-5-9-22(24(26)27-2)18-12-15-21(16-13-18)28-17-20-14-11-19-8-6-7-10-23(19)25-20/h6-8,10-16,22H,3-5,9,17H2,1-2H3. The highest BCUT2D eigenvalue weighted by atomic mass is 16.5. The van der Waals surface area contributed by atoms with Crippen LogP contribution in [0.4, 0.5) is 0 Å². The first-order valence-corrected chi connectivity index (χ1v) is 9.86. The zero-order valence-corrected chi connectivity index (χ0v) is 16.6. The van der Waals surface area contributed by atoms with Gasteiger partial charge in [-0.3, -0.25) is 4.79 Å². The Morgan fingerprint density at radius 2 is 1.79 bits per heavy atom. The summed E-state index contributed by atoms with van der Waals surface area (Å²) in [6.07, 6.45) is 4.07. The third-order valence-electron chi connectivity index (χ3n) is 4.91. The lowest BCUT2D eigenvalue weighted by Gasteiger charge is -2.15. The second-order valence-electron chi connectivity index (χ2n) is 6.92. The Hall–Kier alpha value is -2.88. The third-order valence-corrected chi connectivity index (χ3v) is 4.91. The molecule has 0 spiro atoms. The van der Waals surface area contributed by atoms with Crippen LogP contribution in [0, 0.1) is 0 Å². The number of carbonyl (C=O) groups is 1. The van der Waals surface area contributed by atoms with E-state index in [-0.39, 0.29) is 11.9 Å². The van der Waals surface area contributed by atoms with E-state index in [0.717, 1.165) is 53.6 Å². The molecule has 0 radical (unpaired) electrons. The topological polar surface area (TPSA) is 48.4 Å². The number of pyridine rings is 1. The molecular weight excluding hydrogens is 350 g/mol. The summed E-state index contributed by atoms with van der Waals surface area (Å²) < 4.78 is 10.9. The van der Waals surface area contributed by atoms with Crippen LogP contribution in [0.25, 0.3) is 10.9 Å². The van der Waals surface area contributed by atoms with E-state index >= 15 is 0 Å². The maximum absolute atomic E-state index is 12.1. The van der Waals surface area contributed by atoms with Gasteiger partial charge in [-0.2, -0.15) is 0 Å². The molecule has 0 bridgehead atoms. The average Bonchev–Trinajstić information content (AvgIpc) is 2.75. The molecule has 4 heteroatoms. The van der Waals surface area contributed by atoms with Crippen LogP contribution < -0.4 is 4.74 Å². The summed E-state index contributed by atoms with van der Waals surface area (Å²) in [6, 6.07) is 19.8. The first kappa shape index (κ1) is 19.9. The van der Waals surface area contributed by atoms with Crippen molar-refractivity contribution >= 4 is 16.9 Å². The van der Waals surface area contributed by atoms with Crippen LogP contribution in [0.3, 0.4) is 0 Å². The SMILES string of the molecule is CCCCCC(C(=O)OC)c1ccc(OCc2ccc3ccccc3n2)cc1. The van der Waals surface area contributed by atoms with Gasteiger partial charge in [0.1, 0.15) is 12.4 Å². The normalized spacial score (nSPS) is 11.9. The van der Waals surface area contributed by atoms with Gasteiger partial charge in [0.05, 0.1) is 24.2 Å². The number of aromatic nitrogens is 1. The van der Waals surface area contributed by atoms with Crippen LogP contribution in [0.15, 0.2) is 60.7 Å². The minimum absolute atomic E-state index is 0.176. The number of benzene rings is 2. The third kappa shape index (κ3) is 5.10. The first-order chi connectivity index (χ1) is 13.7. The smallest absolute Gasteiger partial charge is 0.313 e. The van der Waals surface area contributed by atoms with Crippen molar-refractivity contribution in [3.63, 3.8) is 0 Å². The van der Waals surface area contributed by atoms with Crippen molar-refractivity contribution in [2.75, 3.05) is 7.11 Å². The van der Waals surface area contributed by atoms with Crippen molar-refractivity contribution in [2.45, 2.75) is 45.1 Å². The Labute approximate surface area is 166 Å². The summed E-state index contributed by atoms with van der Waals surface area (Å²) in [5.74, 6) is 0.369. The van der Waals surface area contributed by atoms with Crippen LogP contribution in [0.2, 0.25) is 0 Å². The van der Waals surface area contributed by atoms with Gasteiger partial charge in [-0.05, 0) is 36.2 Å². The molecule has 146 valence electrons. The largest absolute Gasteiger partial charge is 0.487 e. The number of nitrogens with zero attached hydrogens (tertiary/aromatic N) is 1. The van der Waals surface area contributed by atoms with Crippen molar-refractivity contribution < 1.29 is 14.3 Å². The Morgan fingerprint density at radius 1 is 1.00 bits per heavy atom. The fraction of sp³-hybridized carbons (Fsp3) is 0.333. The predicted octanol–water partition coefficient (Wildman–Crippen LogP) is 5.65. The van der Waals surface area contributed by atoms with Gasteiger partial charge in [0.25, 0.3) is 0 Å². The molecule has 2 aromatic carbocycles. The van der Waals surface area contributed by atoms with Gasteiger partial charge in [-0.25, -0.2) is 4.98 Å². The molecule has 3 rings (SSSR count). The predicted molar refractivity (Wildman–Crippen MR) is 111 cm³/mol. The summed E-state index contributed by atoms with van der Waals surface area (Å²) in [4.78, 5) is 16.8. The van der Waals surface area contributed by atoms with Gasteiger partial charge in [-0.15, -0.1) is 0 Å². The number of fused-ring (bicyclic) bond motifs is 1. The molecule has 1 atom stereocenters. The fourth-order valence-corrected chi connectivity index (χ4v) is 3.30. The summed E-state index contributed by atoms with van der Waals surface area (Å²) in [7, 11) is 1.45. The summed E-state index contributed by atoms with van der Waals surface area (Å²) in [5.41, 5.74) is 2.82. The fourth-order valence-electron chi connectivity index (χ4n) is 3.30. The van der Waals surface area contributed by atoms with E-state index < -0.39 is 0 Å². The second kappa shape index (κ2) is 9.88. The number of para-hydroxylation sites is 1. The molecule has 0 aliphatic carbocycles. The van der Waals surface area contributed by atoms with Gasteiger partial charge in [0.15, 0.2) is 0 Å². The average molecular weight is 377 g/mol. The molecule has 0 aliphatic heterocycles. The van der Waals surface area contributed by atoms with Crippen molar-refractivity contribution in [1.82, 2.24) is 4.98 Å². The summed E-state index contributed by atoms with van der Waals surface area (Å²) >= 11 is 0. The molecule has 0 saturated carbocycles. The van der Waals surface area contributed by atoms with E-state index in [0.29, 0.717) is 6.61 Å². The van der Waals surface area contributed by atoms with Crippen LogP contribution in [0.1, 0.15) is 49.8 Å². The molecule has 0 aliphatic rings. The zero-order valence-electron chi connectivity index (χ0n) is 16.6. The first-order valence-electron chi connectivity index (χ1n) is 9.86. The molecular formula is C24H27NO3. The number of ether oxygens (including phenoxy) is 2. The van der Waals surface area contributed by atoms with Gasteiger partial charge in [0, 0.05) is 5.39 Å². The number of rotatable bonds is 9. The minimum atomic E-state index is -0.215. The second-order valence-corrected chi connectivity index (χ2v) is 6.92. The van der Waals surface area contributed by atoms with Crippen molar-refractivity contribution in [3.05, 3.63) is 71.9 Å². The lowest BCUT2D eigenvalue weighted by molar-refractivity contribution is -0.142. The molecule has 0 N–H and O–H groups in total. The molecule has 0 amide bonds. The Balaban J connectivity index is 1.64.